The predicted molar refractivity (Wildman–Crippen MR) is 77.6 cm³/mol. The van der Waals surface area contributed by atoms with Gasteiger partial charge in [0, 0.05) is 6.54 Å². The highest BCUT2D eigenvalue weighted by Crippen LogP contribution is 2.26. The Morgan fingerprint density at radius 2 is 2.24 bits per heavy atom. The Hall–Kier alpha value is -1.62. The fourth-order valence-electron chi connectivity index (χ4n) is 2.77. The molecule has 0 amide bonds. The van der Waals surface area contributed by atoms with Gasteiger partial charge in [-0.3, -0.25) is 4.79 Å². The average Bonchev–Trinajstić information content (AvgIpc) is 2.97. The molecule has 1 aromatic rings. The fraction of sp³-hybridized carbons (Fsp3) is 0.562. The van der Waals surface area contributed by atoms with Gasteiger partial charge in [-0.05, 0) is 37.6 Å². The molecule has 0 saturated carbocycles. The minimum Gasteiger partial charge on any atom is -0.490 e. The maximum absolute atomic E-state index is 13.6. The van der Waals surface area contributed by atoms with Crippen molar-refractivity contribution in [1.29, 1.82) is 0 Å². The molecule has 2 rings (SSSR count). The molecule has 2 unspecified atom stereocenters. The van der Waals surface area contributed by atoms with Gasteiger partial charge in [0.1, 0.15) is 6.61 Å². The van der Waals surface area contributed by atoms with Gasteiger partial charge in [-0.1, -0.05) is 19.1 Å². The summed E-state index contributed by atoms with van der Waals surface area (Å²) in [7, 11) is 1.38. The molecule has 0 radical (unpaired) electrons. The van der Waals surface area contributed by atoms with Crippen molar-refractivity contribution in [3.63, 3.8) is 0 Å². The molecule has 0 aliphatic carbocycles. The van der Waals surface area contributed by atoms with E-state index in [0.717, 1.165) is 26.1 Å². The quantitative estimate of drug-likeness (QED) is 0.755. The van der Waals surface area contributed by atoms with E-state index in [2.05, 4.69) is 11.8 Å². The van der Waals surface area contributed by atoms with E-state index < -0.39 is 5.82 Å². The van der Waals surface area contributed by atoms with E-state index in [1.807, 2.05) is 0 Å². The molecular weight excluding hydrogens is 273 g/mol. The van der Waals surface area contributed by atoms with Gasteiger partial charge < -0.3 is 14.4 Å². The van der Waals surface area contributed by atoms with Crippen molar-refractivity contribution in [2.45, 2.75) is 13.3 Å². The molecule has 0 aromatic heterocycles. The third-order valence-corrected chi connectivity index (χ3v) is 4.08. The summed E-state index contributed by atoms with van der Waals surface area (Å²) in [6.07, 6.45) is 0.939. The Balaban J connectivity index is 2.00. The second-order valence-electron chi connectivity index (χ2n) is 5.31. The lowest BCUT2D eigenvalue weighted by Gasteiger charge is -2.22. The zero-order valence-electron chi connectivity index (χ0n) is 12.5. The topological polar surface area (TPSA) is 38.8 Å². The molecule has 1 aromatic carbocycles. The van der Waals surface area contributed by atoms with Gasteiger partial charge in [-0.25, -0.2) is 4.39 Å². The molecule has 116 valence electrons. The first-order chi connectivity index (χ1) is 10.2. The van der Waals surface area contributed by atoms with Crippen LogP contribution < -0.4 is 4.74 Å². The van der Waals surface area contributed by atoms with Crippen LogP contribution >= 0.6 is 0 Å². The number of benzene rings is 1. The van der Waals surface area contributed by atoms with Crippen molar-refractivity contribution in [3.8, 4) is 5.75 Å². The van der Waals surface area contributed by atoms with E-state index in [9.17, 15) is 9.18 Å². The van der Waals surface area contributed by atoms with Crippen LogP contribution in [-0.2, 0) is 9.53 Å². The van der Waals surface area contributed by atoms with Crippen LogP contribution in [0.25, 0.3) is 0 Å². The van der Waals surface area contributed by atoms with Crippen LogP contribution in [0.5, 0.6) is 5.75 Å². The van der Waals surface area contributed by atoms with E-state index in [-0.39, 0.29) is 30.2 Å². The molecule has 1 fully saturated rings. The highest BCUT2D eigenvalue weighted by Gasteiger charge is 2.34. The molecule has 21 heavy (non-hydrogen) atoms. The number of rotatable bonds is 6. The lowest BCUT2D eigenvalue weighted by atomic mass is 9.92. The molecule has 4 nitrogen and oxygen atoms in total. The second-order valence-corrected chi connectivity index (χ2v) is 5.31. The summed E-state index contributed by atoms with van der Waals surface area (Å²) in [5, 5.41) is 0. The molecular formula is C16H22FNO3. The number of hydrogen-bond donors (Lipinski definition) is 0. The van der Waals surface area contributed by atoms with E-state index in [4.69, 9.17) is 9.47 Å². The van der Waals surface area contributed by atoms with Crippen LogP contribution in [0.15, 0.2) is 24.3 Å². The number of hydrogen-bond acceptors (Lipinski definition) is 4. The number of methoxy groups -OCH3 is 1. The molecule has 1 heterocycles. The fourth-order valence-corrected chi connectivity index (χ4v) is 2.77. The zero-order chi connectivity index (χ0) is 15.2. The highest BCUT2D eigenvalue weighted by atomic mass is 19.1. The summed E-state index contributed by atoms with van der Waals surface area (Å²) in [5.41, 5.74) is 0. The van der Waals surface area contributed by atoms with Crippen molar-refractivity contribution in [2.24, 2.45) is 11.8 Å². The Morgan fingerprint density at radius 1 is 1.48 bits per heavy atom. The summed E-state index contributed by atoms with van der Waals surface area (Å²) in [5.74, 6) is -0.677. The molecule has 0 N–H and O–H groups in total. The van der Waals surface area contributed by atoms with E-state index >= 15 is 0 Å². The summed E-state index contributed by atoms with van der Waals surface area (Å²) in [4.78, 5) is 14.3. The number of carbonyl (C=O) groups excluding carboxylic acids is 1. The Labute approximate surface area is 124 Å². The van der Waals surface area contributed by atoms with Crippen LogP contribution in [-0.4, -0.2) is 44.2 Å². The largest absolute Gasteiger partial charge is 0.490 e. The number of carbonyl (C=O) groups is 1. The SMILES string of the molecule is CCN1CCC(C(COc2ccccc2F)C(=O)OC)C1. The molecule has 1 aliphatic heterocycles. The third kappa shape index (κ3) is 3.94. The monoisotopic (exact) mass is 295 g/mol. The number of likely N-dealkylation sites (tertiary alicyclic amines) is 1. The summed E-state index contributed by atoms with van der Waals surface area (Å²) in [6, 6.07) is 6.23. The van der Waals surface area contributed by atoms with Crippen molar-refractivity contribution >= 4 is 5.97 Å². The number of ether oxygens (including phenoxy) is 2. The van der Waals surface area contributed by atoms with Gasteiger partial charge >= 0.3 is 5.97 Å². The van der Waals surface area contributed by atoms with Crippen molar-refractivity contribution in [2.75, 3.05) is 33.4 Å². The van der Waals surface area contributed by atoms with Gasteiger partial charge in [0.25, 0.3) is 0 Å². The first kappa shape index (κ1) is 15.8. The molecule has 0 spiro atoms. The van der Waals surface area contributed by atoms with E-state index in [1.54, 1.807) is 18.2 Å². The highest BCUT2D eigenvalue weighted by molar-refractivity contribution is 5.73. The molecule has 1 saturated heterocycles. The van der Waals surface area contributed by atoms with Gasteiger partial charge in [-0.15, -0.1) is 0 Å². The van der Waals surface area contributed by atoms with Gasteiger partial charge in [0.05, 0.1) is 13.0 Å². The van der Waals surface area contributed by atoms with Crippen molar-refractivity contribution < 1.29 is 18.7 Å². The normalized spacial score (nSPS) is 20.2. The maximum atomic E-state index is 13.6. The number of nitrogens with zero attached hydrogens (tertiary/aromatic N) is 1. The third-order valence-electron chi connectivity index (χ3n) is 4.08. The lowest BCUT2D eigenvalue weighted by Crippen LogP contribution is -2.32. The smallest absolute Gasteiger partial charge is 0.312 e. The van der Waals surface area contributed by atoms with Crippen LogP contribution in [0.1, 0.15) is 13.3 Å². The molecule has 2 atom stereocenters. The molecule has 5 heteroatoms. The summed E-state index contributed by atoms with van der Waals surface area (Å²) >= 11 is 0. The van der Waals surface area contributed by atoms with Gasteiger partial charge in [0.2, 0.25) is 0 Å². The minimum absolute atomic E-state index is 0.149. The minimum atomic E-state index is -0.414. The first-order valence-corrected chi connectivity index (χ1v) is 7.33. The van der Waals surface area contributed by atoms with Crippen LogP contribution in [0.4, 0.5) is 4.39 Å². The standard InChI is InChI=1S/C16H22FNO3/c1-3-18-9-8-12(10-18)13(16(19)20-2)11-21-15-7-5-4-6-14(15)17/h4-7,12-13H,3,8-11H2,1-2H3. The number of halogens is 1. The van der Waals surface area contributed by atoms with Crippen molar-refractivity contribution in [1.82, 2.24) is 4.90 Å². The first-order valence-electron chi connectivity index (χ1n) is 7.33. The van der Waals surface area contributed by atoms with E-state index in [0.29, 0.717) is 0 Å². The Morgan fingerprint density at radius 3 is 2.86 bits per heavy atom. The summed E-state index contributed by atoms with van der Waals surface area (Å²) < 4.78 is 24.0. The van der Waals surface area contributed by atoms with Crippen molar-refractivity contribution in [3.05, 3.63) is 30.1 Å². The number of esters is 1. The van der Waals surface area contributed by atoms with Crippen LogP contribution in [0.3, 0.4) is 0 Å². The van der Waals surface area contributed by atoms with E-state index in [1.165, 1.54) is 13.2 Å². The maximum Gasteiger partial charge on any atom is 0.312 e. The Bertz CT molecular complexity index is 480. The van der Waals surface area contributed by atoms with Crippen LogP contribution in [0, 0.1) is 17.7 Å². The van der Waals surface area contributed by atoms with Gasteiger partial charge in [0.15, 0.2) is 11.6 Å². The zero-order valence-corrected chi connectivity index (χ0v) is 12.5. The summed E-state index contributed by atoms with van der Waals surface area (Å²) in [6.45, 7) is 5.06. The van der Waals surface area contributed by atoms with Gasteiger partial charge in [-0.2, -0.15) is 0 Å². The average molecular weight is 295 g/mol. The second kappa shape index (κ2) is 7.41. The number of para-hydroxylation sites is 1. The lowest BCUT2D eigenvalue weighted by molar-refractivity contribution is -0.148. The molecule has 1 aliphatic rings. The molecule has 0 bridgehead atoms. The predicted octanol–water partition coefficient (Wildman–Crippen LogP) is 2.34. The Kier molecular flexibility index (Phi) is 5.56. The van der Waals surface area contributed by atoms with Crippen LogP contribution in [0.2, 0.25) is 0 Å².